The molecule has 1 aromatic rings. The van der Waals surface area contributed by atoms with Gasteiger partial charge in [0.25, 0.3) is 0 Å². The molecular weight excluding hydrogens is 264 g/mol. The van der Waals surface area contributed by atoms with Crippen LogP contribution in [0.25, 0.3) is 0 Å². The Labute approximate surface area is 127 Å². The van der Waals surface area contributed by atoms with Crippen LogP contribution in [0.4, 0.5) is 0 Å². The van der Waals surface area contributed by atoms with Crippen LogP contribution in [0.1, 0.15) is 50.7 Å². The molecule has 0 bridgehead atoms. The van der Waals surface area contributed by atoms with E-state index in [9.17, 15) is 0 Å². The fourth-order valence-corrected chi connectivity index (χ4v) is 3.50. The van der Waals surface area contributed by atoms with Gasteiger partial charge in [-0.1, -0.05) is 6.92 Å². The van der Waals surface area contributed by atoms with Crippen LogP contribution in [-0.4, -0.2) is 43.8 Å². The maximum absolute atomic E-state index is 6.23. The molecule has 4 unspecified atom stereocenters. The zero-order chi connectivity index (χ0) is 15.0. The van der Waals surface area contributed by atoms with Gasteiger partial charge in [-0.05, 0) is 45.4 Å². The number of hydrogen-bond acceptors (Lipinski definition) is 4. The van der Waals surface area contributed by atoms with Gasteiger partial charge in [0.2, 0.25) is 0 Å². The smallest absolute Gasteiger partial charge is 0.124 e. The summed E-state index contributed by atoms with van der Waals surface area (Å²) in [6.45, 7) is 9.42. The van der Waals surface area contributed by atoms with Crippen LogP contribution >= 0.6 is 0 Å². The van der Waals surface area contributed by atoms with Gasteiger partial charge in [-0.3, -0.25) is 4.90 Å². The van der Waals surface area contributed by atoms with E-state index >= 15 is 0 Å². The molecule has 21 heavy (non-hydrogen) atoms. The molecule has 1 saturated heterocycles. The van der Waals surface area contributed by atoms with Crippen molar-refractivity contribution in [2.75, 3.05) is 26.7 Å². The molecule has 2 heterocycles. The number of furan rings is 1. The van der Waals surface area contributed by atoms with Crippen LogP contribution in [-0.2, 0) is 4.74 Å². The highest BCUT2D eigenvalue weighted by Crippen LogP contribution is 2.48. The topological polar surface area (TPSA) is 37.6 Å². The number of nitrogens with zero attached hydrogens (tertiary/aromatic N) is 1. The Balaban J connectivity index is 1.83. The Morgan fingerprint density at radius 2 is 2.05 bits per heavy atom. The van der Waals surface area contributed by atoms with Gasteiger partial charge in [-0.2, -0.15) is 0 Å². The highest BCUT2D eigenvalue weighted by molar-refractivity contribution is 5.20. The average Bonchev–Trinajstić information content (AvgIpc) is 3.00. The van der Waals surface area contributed by atoms with Crippen LogP contribution in [0, 0.1) is 5.92 Å². The SMILES string of the molecule is CNCC1OCCN(C(C)C)C1c1ccc(C2CC2C)o1. The van der Waals surface area contributed by atoms with Gasteiger partial charge in [0.15, 0.2) is 0 Å². The second-order valence-corrected chi connectivity index (χ2v) is 6.80. The molecule has 0 aromatic carbocycles. The van der Waals surface area contributed by atoms with Gasteiger partial charge < -0.3 is 14.5 Å². The Kier molecular flexibility index (Phi) is 4.38. The number of nitrogens with one attached hydrogen (secondary N) is 1. The van der Waals surface area contributed by atoms with Crippen LogP contribution in [0.5, 0.6) is 0 Å². The highest BCUT2D eigenvalue weighted by atomic mass is 16.5. The maximum atomic E-state index is 6.23. The monoisotopic (exact) mass is 292 g/mol. The molecular formula is C17H28N2O2. The van der Waals surface area contributed by atoms with Gasteiger partial charge >= 0.3 is 0 Å². The molecule has 2 fully saturated rings. The van der Waals surface area contributed by atoms with E-state index in [2.05, 4.69) is 43.1 Å². The third-order valence-corrected chi connectivity index (χ3v) is 4.87. The summed E-state index contributed by atoms with van der Waals surface area (Å²) in [5, 5.41) is 3.25. The summed E-state index contributed by atoms with van der Waals surface area (Å²) in [6, 6.07) is 5.05. The number of morpholine rings is 1. The fourth-order valence-electron chi connectivity index (χ4n) is 3.50. The molecule has 1 saturated carbocycles. The van der Waals surface area contributed by atoms with E-state index < -0.39 is 0 Å². The van der Waals surface area contributed by atoms with Gasteiger partial charge in [0.05, 0.1) is 18.8 Å². The third-order valence-electron chi connectivity index (χ3n) is 4.87. The zero-order valence-electron chi connectivity index (χ0n) is 13.6. The lowest BCUT2D eigenvalue weighted by molar-refractivity contribution is -0.0879. The van der Waals surface area contributed by atoms with Crippen molar-refractivity contribution in [3.63, 3.8) is 0 Å². The van der Waals surface area contributed by atoms with Crippen LogP contribution in [0.3, 0.4) is 0 Å². The van der Waals surface area contributed by atoms with Gasteiger partial charge in [0.1, 0.15) is 11.5 Å². The molecule has 4 nitrogen and oxygen atoms in total. The molecule has 2 aliphatic rings. The van der Waals surface area contributed by atoms with Gasteiger partial charge in [-0.25, -0.2) is 0 Å². The van der Waals surface area contributed by atoms with E-state index in [0.29, 0.717) is 12.0 Å². The number of likely N-dealkylation sites (N-methyl/N-ethyl adjacent to an activating group) is 1. The summed E-state index contributed by atoms with van der Waals surface area (Å²) < 4.78 is 12.2. The Morgan fingerprint density at radius 3 is 2.67 bits per heavy atom. The Morgan fingerprint density at radius 1 is 1.33 bits per heavy atom. The van der Waals surface area contributed by atoms with E-state index in [1.54, 1.807) is 0 Å². The highest BCUT2D eigenvalue weighted by Gasteiger charge is 2.40. The molecule has 1 aromatic heterocycles. The summed E-state index contributed by atoms with van der Waals surface area (Å²) >= 11 is 0. The summed E-state index contributed by atoms with van der Waals surface area (Å²) in [4.78, 5) is 2.50. The average molecular weight is 292 g/mol. The molecule has 0 amide bonds. The van der Waals surface area contributed by atoms with E-state index in [0.717, 1.165) is 37.1 Å². The molecule has 0 spiro atoms. The summed E-state index contributed by atoms with van der Waals surface area (Å²) in [5.74, 6) is 3.65. The lowest BCUT2D eigenvalue weighted by Crippen LogP contribution is -2.51. The molecule has 1 aliphatic heterocycles. The summed E-state index contributed by atoms with van der Waals surface area (Å²) in [6.07, 6.45) is 1.42. The first-order valence-electron chi connectivity index (χ1n) is 8.23. The van der Waals surface area contributed by atoms with Crippen molar-refractivity contribution in [3.8, 4) is 0 Å². The molecule has 0 radical (unpaired) electrons. The predicted molar refractivity (Wildman–Crippen MR) is 83.5 cm³/mol. The van der Waals surface area contributed by atoms with Crippen molar-refractivity contribution in [2.24, 2.45) is 5.92 Å². The molecule has 4 atom stereocenters. The molecule has 1 aliphatic carbocycles. The van der Waals surface area contributed by atoms with Crippen molar-refractivity contribution in [1.82, 2.24) is 10.2 Å². The normalized spacial score (nSPS) is 33.6. The quantitative estimate of drug-likeness (QED) is 0.905. The van der Waals surface area contributed by atoms with E-state index in [-0.39, 0.29) is 12.1 Å². The Hall–Kier alpha value is -0.840. The van der Waals surface area contributed by atoms with Crippen LogP contribution < -0.4 is 5.32 Å². The molecule has 4 heteroatoms. The lowest BCUT2D eigenvalue weighted by atomic mass is 10.0. The van der Waals surface area contributed by atoms with Crippen molar-refractivity contribution in [1.29, 1.82) is 0 Å². The molecule has 3 rings (SSSR count). The fraction of sp³-hybridized carbons (Fsp3) is 0.765. The zero-order valence-corrected chi connectivity index (χ0v) is 13.6. The number of hydrogen-bond donors (Lipinski definition) is 1. The summed E-state index contributed by atoms with van der Waals surface area (Å²) in [5.41, 5.74) is 0. The summed E-state index contributed by atoms with van der Waals surface area (Å²) in [7, 11) is 1.98. The lowest BCUT2D eigenvalue weighted by Gasteiger charge is -2.42. The first-order chi connectivity index (χ1) is 10.1. The van der Waals surface area contributed by atoms with E-state index in [1.165, 1.54) is 6.42 Å². The van der Waals surface area contributed by atoms with Crippen molar-refractivity contribution >= 4 is 0 Å². The van der Waals surface area contributed by atoms with Gasteiger partial charge in [0, 0.05) is 25.0 Å². The minimum atomic E-state index is 0.154. The third kappa shape index (κ3) is 3.03. The van der Waals surface area contributed by atoms with E-state index in [1.807, 2.05) is 7.05 Å². The maximum Gasteiger partial charge on any atom is 0.124 e. The second-order valence-electron chi connectivity index (χ2n) is 6.80. The van der Waals surface area contributed by atoms with Crippen molar-refractivity contribution in [3.05, 3.63) is 23.7 Å². The minimum absolute atomic E-state index is 0.154. The molecule has 1 N–H and O–H groups in total. The van der Waals surface area contributed by atoms with Crippen LogP contribution in [0.2, 0.25) is 0 Å². The van der Waals surface area contributed by atoms with Crippen molar-refractivity contribution < 1.29 is 9.15 Å². The molecule has 118 valence electrons. The largest absolute Gasteiger partial charge is 0.464 e. The standard InChI is InChI=1S/C17H28N2O2/c1-11(2)19-7-8-20-16(10-18-4)17(19)15-6-5-14(21-15)13-9-12(13)3/h5-6,11-13,16-18H,7-10H2,1-4H3. The first kappa shape index (κ1) is 15.1. The van der Waals surface area contributed by atoms with Gasteiger partial charge in [-0.15, -0.1) is 0 Å². The van der Waals surface area contributed by atoms with Crippen LogP contribution in [0.15, 0.2) is 16.5 Å². The number of ether oxygens (including phenoxy) is 1. The second kappa shape index (κ2) is 6.11. The Bertz CT molecular complexity index is 469. The minimum Gasteiger partial charge on any atom is -0.464 e. The van der Waals surface area contributed by atoms with E-state index in [4.69, 9.17) is 9.15 Å². The predicted octanol–water partition coefficient (Wildman–Crippen LogP) is 2.77. The van der Waals surface area contributed by atoms with Crippen molar-refractivity contribution in [2.45, 2.75) is 51.3 Å². The number of rotatable bonds is 5. The first-order valence-corrected chi connectivity index (χ1v) is 8.23.